The van der Waals surface area contributed by atoms with E-state index >= 15 is 0 Å². The third-order valence-corrected chi connectivity index (χ3v) is 5.70. The van der Waals surface area contributed by atoms with Crippen molar-refractivity contribution in [2.24, 2.45) is 5.92 Å². The molecule has 5 nitrogen and oxygen atoms in total. The largest absolute Gasteiger partial charge is 0.332 e. The molecule has 1 saturated carbocycles. The molecule has 0 N–H and O–H groups in total. The first kappa shape index (κ1) is 14.4. The van der Waals surface area contributed by atoms with Crippen molar-refractivity contribution in [1.82, 2.24) is 4.31 Å². The van der Waals surface area contributed by atoms with Gasteiger partial charge in [-0.3, -0.25) is 0 Å². The topological polar surface area (TPSA) is 71.5 Å². The molecule has 0 aromatic heterocycles. The Morgan fingerprint density at radius 3 is 2.00 bits per heavy atom. The summed E-state index contributed by atoms with van der Waals surface area (Å²) in [6.07, 6.45) is 2.05. The molecule has 1 aliphatic carbocycles. The molecule has 0 radical (unpaired) electrons. The van der Waals surface area contributed by atoms with Gasteiger partial charge in [0.2, 0.25) is 10.0 Å². The lowest BCUT2D eigenvalue weighted by molar-refractivity contribution is 0.453. The van der Waals surface area contributed by atoms with Crippen LogP contribution in [0.25, 0.3) is 0 Å². The van der Waals surface area contributed by atoms with Crippen LogP contribution in [-0.2, 0) is 20.2 Å². The summed E-state index contributed by atoms with van der Waals surface area (Å²) >= 11 is 0. The van der Waals surface area contributed by atoms with E-state index in [1.54, 1.807) is 0 Å². The standard InChI is InChI=1S/C11H14FNO4S2/c1-13(8-9-2-3-9)19(16,17)11-6-4-10(5-7-11)18(12,14)15/h4-7,9H,2-3,8H2,1H3. The lowest BCUT2D eigenvalue weighted by Gasteiger charge is -2.16. The average Bonchev–Trinajstić information content (AvgIpc) is 3.12. The van der Waals surface area contributed by atoms with E-state index in [1.807, 2.05) is 0 Å². The lowest BCUT2D eigenvalue weighted by Crippen LogP contribution is -2.28. The van der Waals surface area contributed by atoms with Crippen molar-refractivity contribution in [2.75, 3.05) is 13.6 Å². The molecule has 1 fully saturated rings. The molecule has 1 aliphatic rings. The van der Waals surface area contributed by atoms with Crippen LogP contribution in [0.2, 0.25) is 0 Å². The predicted octanol–water partition coefficient (Wildman–Crippen LogP) is 1.38. The highest BCUT2D eigenvalue weighted by atomic mass is 32.3. The van der Waals surface area contributed by atoms with E-state index in [-0.39, 0.29) is 4.90 Å². The highest BCUT2D eigenvalue weighted by Crippen LogP contribution is 2.31. The highest BCUT2D eigenvalue weighted by Gasteiger charge is 2.29. The summed E-state index contributed by atoms with van der Waals surface area (Å²) in [6.45, 7) is 0.450. The quantitative estimate of drug-likeness (QED) is 0.770. The molecule has 0 heterocycles. The number of hydrogen-bond acceptors (Lipinski definition) is 4. The molecule has 0 aliphatic heterocycles. The van der Waals surface area contributed by atoms with Gasteiger partial charge in [0.05, 0.1) is 9.79 Å². The maximum atomic E-state index is 12.7. The summed E-state index contributed by atoms with van der Waals surface area (Å²) in [6, 6.07) is 4.11. The van der Waals surface area contributed by atoms with Gasteiger partial charge in [-0.05, 0) is 43.0 Å². The first-order valence-electron chi connectivity index (χ1n) is 5.72. The molecule has 0 unspecified atom stereocenters. The summed E-state index contributed by atoms with van der Waals surface area (Å²) < 4.78 is 59.5. The van der Waals surface area contributed by atoms with Gasteiger partial charge in [-0.1, -0.05) is 0 Å². The Bertz CT molecular complexity index is 663. The van der Waals surface area contributed by atoms with Crippen molar-refractivity contribution in [3.05, 3.63) is 24.3 Å². The van der Waals surface area contributed by atoms with Crippen LogP contribution in [0, 0.1) is 5.92 Å². The van der Waals surface area contributed by atoms with Crippen LogP contribution in [-0.4, -0.2) is 34.7 Å². The van der Waals surface area contributed by atoms with E-state index in [0.717, 1.165) is 37.1 Å². The third-order valence-electron chi connectivity index (χ3n) is 3.03. The van der Waals surface area contributed by atoms with E-state index < -0.39 is 25.1 Å². The molecule has 19 heavy (non-hydrogen) atoms. The zero-order valence-electron chi connectivity index (χ0n) is 10.3. The fourth-order valence-electron chi connectivity index (χ4n) is 1.72. The maximum absolute atomic E-state index is 12.7. The Balaban J connectivity index is 2.25. The fourth-order valence-corrected chi connectivity index (χ4v) is 3.42. The molecule has 1 aromatic rings. The molecule has 0 atom stereocenters. The number of halogens is 1. The second-order valence-electron chi connectivity index (χ2n) is 4.64. The van der Waals surface area contributed by atoms with E-state index in [1.165, 1.54) is 11.4 Å². The minimum atomic E-state index is -4.80. The van der Waals surface area contributed by atoms with Crippen molar-refractivity contribution in [3.63, 3.8) is 0 Å². The molecule has 1 aromatic carbocycles. The number of benzene rings is 1. The van der Waals surface area contributed by atoms with Crippen molar-refractivity contribution >= 4 is 20.2 Å². The van der Waals surface area contributed by atoms with Gasteiger partial charge in [0.1, 0.15) is 0 Å². The van der Waals surface area contributed by atoms with Crippen LogP contribution >= 0.6 is 0 Å². The van der Waals surface area contributed by atoms with Crippen molar-refractivity contribution in [3.8, 4) is 0 Å². The first-order chi connectivity index (χ1) is 8.71. The van der Waals surface area contributed by atoms with Gasteiger partial charge < -0.3 is 0 Å². The van der Waals surface area contributed by atoms with Crippen LogP contribution in [0.5, 0.6) is 0 Å². The molecular formula is C11H14FNO4S2. The normalized spacial score (nSPS) is 16.8. The molecule has 2 rings (SSSR count). The van der Waals surface area contributed by atoms with Crippen LogP contribution in [0.15, 0.2) is 34.1 Å². The Morgan fingerprint density at radius 1 is 1.11 bits per heavy atom. The van der Waals surface area contributed by atoms with Gasteiger partial charge in [0.25, 0.3) is 0 Å². The van der Waals surface area contributed by atoms with E-state index in [2.05, 4.69) is 0 Å². The third kappa shape index (κ3) is 3.31. The average molecular weight is 307 g/mol. The zero-order chi connectivity index (χ0) is 14.3. The van der Waals surface area contributed by atoms with Gasteiger partial charge in [-0.2, -0.15) is 8.42 Å². The van der Waals surface area contributed by atoms with Gasteiger partial charge in [0.15, 0.2) is 0 Å². The summed E-state index contributed by atoms with van der Waals surface area (Å²) in [5.74, 6) is 0.408. The Morgan fingerprint density at radius 2 is 1.58 bits per heavy atom. The van der Waals surface area contributed by atoms with E-state index in [9.17, 15) is 20.7 Å². The summed E-state index contributed by atoms with van der Waals surface area (Å²) in [4.78, 5) is -0.584. The predicted molar refractivity (Wildman–Crippen MR) is 67.3 cm³/mol. The number of hydrogen-bond donors (Lipinski definition) is 0. The van der Waals surface area contributed by atoms with Gasteiger partial charge in [-0.15, -0.1) is 3.89 Å². The van der Waals surface area contributed by atoms with E-state index in [0.29, 0.717) is 12.5 Å². The van der Waals surface area contributed by atoms with Crippen LogP contribution in [0.4, 0.5) is 3.89 Å². The van der Waals surface area contributed by atoms with Crippen molar-refractivity contribution < 1.29 is 20.7 Å². The molecule has 106 valence electrons. The second kappa shape index (κ2) is 4.84. The molecular weight excluding hydrogens is 293 g/mol. The van der Waals surface area contributed by atoms with Gasteiger partial charge in [-0.25, -0.2) is 12.7 Å². The SMILES string of the molecule is CN(CC1CC1)S(=O)(=O)c1ccc(S(=O)(=O)F)cc1. The fraction of sp³-hybridized carbons (Fsp3) is 0.455. The van der Waals surface area contributed by atoms with Gasteiger partial charge in [0, 0.05) is 13.6 Å². The summed E-state index contributed by atoms with van der Waals surface area (Å²) in [5.41, 5.74) is 0. The van der Waals surface area contributed by atoms with Crippen molar-refractivity contribution in [1.29, 1.82) is 0 Å². The minimum absolute atomic E-state index is 0.0388. The molecule has 0 amide bonds. The second-order valence-corrected chi connectivity index (χ2v) is 8.03. The van der Waals surface area contributed by atoms with E-state index in [4.69, 9.17) is 0 Å². The van der Waals surface area contributed by atoms with Crippen LogP contribution < -0.4 is 0 Å². The number of nitrogens with zero attached hydrogens (tertiary/aromatic N) is 1. The molecule has 8 heteroatoms. The summed E-state index contributed by atoms with van der Waals surface area (Å²) in [5, 5.41) is 0. The highest BCUT2D eigenvalue weighted by molar-refractivity contribution is 7.89. The smallest absolute Gasteiger partial charge is 0.207 e. The van der Waals surface area contributed by atoms with Crippen molar-refractivity contribution in [2.45, 2.75) is 22.6 Å². The lowest BCUT2D eigenvalue weighted by atomic mass is 10.4. The number of sulfonamides is 1. The Labute approximate surface area is 112 Å². The van der Waals surface area contributed by atoms with Gasteiger partial charge >= 0.3 is 10.2 Å². The molecule has 0 bridgehead atoms. The van der Waals surface area contributed by atoms with Crippen LogP contribution in [0.3, 0.4) is 0 Å². The number of rotatable bonds is 5. The summed E-state index contributed by atoms with van der Waals surface area (Å²) in [7, 11) is -6.96. The Kier molecular flexibility index (Phi) is 3.67. The Hall–Kier alpha value is -0.990. The molecule has 0 saturated heterocycles. The maximum Gasteiger partial charge on any atom is 0.332 e. The minimum Gasteiger partial charge on any atom is -0.207 e. The first-order valence-corrected chi connectivity index (χ1v) is 8.54. The monoisotopic (exact) mass is 307 g/mol. The zero-order valence-corrected chi connectivity index (χ0v) is 11.9. The molecule has 0 spiro atoms. The van der Waals surface area contributed by atoms with Crippen LogP contribution in [0.1, 0.15) is 12.8 Å².